The first kappa shape index (κ1) is 18.9. The third kappa shape index (κ3) is 3.60. The average molecular weight is 434 g/mol. The van der Waals surface area contributed by atoms with E-state index < -0.39 is 0 Å². The Morgan fingerprint density at radius 3 is 2.60 bits per heavy atom. The molecule has 0 aliphatic carbocycles. The lowest BCUT2D eigenvalue weighted by molar-refractivity contribution is 0.476. The van der Waals surface area contributed by atoms with Gasteiger partial charge in [-0.3, -0.25) is 9.36 Å². The van der Waals surface area contributed by atoms with Gasteiger partial charge >= 0.3 is 0 Å². The zero-order valence-electron chi connectivity index (χ0n) is 15.8. The van der Waals surface area contributed by atoms with Crippen LogP contribution in [0.25, 0.3) is 21.8 Å². The predicted molar refractivity (Wildman–Crippen MR) is 120 cm³/mol. The number of hydrogen-bond acceptors (Lipinski definition) is 5. The van der Waals surface area contributed by atoms with Crippen LogP contribution in [0.1, 0.15) is 11.3 Å². The van der Waals surface area contributed by atoms with Gasteiger partial charge in [0.1, 0.15) is 10.9 Å². The molecular weight excluding hydrogens is 418 g/mol. The van der Waals surface area contributed by atoms with Gasteiger partial charge in [0.15, 0.2) is 5.16 Å². The van der Waals surface area contributed by atoms with E-state index in [4.69, 9.17) is 21.0 Å². The molecule has 0 amide bonds. The Kier molecular flexibility index (Phi) is 5.02. The normalized spacial score (nSPS) is 11.4. The fraction of sp³-hybridized carbons (Fsp3) is 0.0870. The summed E-state index contributed by atoms with van der Waals surface area (Å²) >= 11 is 7.88. The van der Waals surface area contributed by atoms with Crippen LogP contribution in [-0.4, -0.2) is 14.5 Å². The summed E-state index contributed by atoms with van der Waals surface area (Å²) in [5.74, 6) is 1.24. The SMILES string of the molecule is O=c1c2ccccc2nc(SCc2cc3ccccc3nc2Cl)n1Cc1ccco1. The van der Waals surface area contributed by atoms with Crippen LogP contribution in [0.3, 0.4) is 0 Å². The van der Waals surface area contributed by atoms with E-state index in [0.29, 0.717) is 39.3 Å². The van der Waals surface area contributed by atoms with Crippen molar-refractivity contribution in [1.29, 1.82) is 0 Å². The zero-order chi connectivity index (χ0) is 20.5. The first-order chi connectivity index (χ1) is 14.7. The van der Waals surface area contributed by atoms with Crippen molar-refractivity contribution in [2.45, 2.75) is 17.5 Å². The Morgan fingerprint density at radius 1 is 0.967 bits per heavy atom. The summed E-state index contributed by atoms with van der Waals surface area (Å²) in [6, 6.07) is 20.9. The van der Waals surface area contributed by atoms with Gasteiger partial charge < -0.3 is 4.42 Å². The maximum atomic E-state index is 13.2. The molecule has 0 atom stereocenters. The zero-order valence-corrected chi connectivity index (χ0v) is 17.4. The molecule has 3 aromatic heterocycles. The van der Waals surface area contributed by atoms with Crippen molar-refractivity contribution >= 4 is 45.2 Å². The molecule has 0 saturated carbocycles. The molecule has 0 unspecified atom stereocenters. The first-order valence-electron chi connectivity index (χ1n) is 9.38. The van der Waals surface area contributed by atoms with Crippen molar-refractivity contribution in [3.63, 3.8) is 0 Å². The highest BCUT2D eigenvalue weighted by atomic mass is 35.5. The number of para-hydroxylation sites is 2. The number of nitrogens with zero attached hydrogens (tertiary/aromatic N) is 3. The van der Waals surface area contributed by atoms with Crippen molar-refractivity contribution in [1.82, 2.24) is 14.5 Å². The summed E-state index contributed by atoms with van der Waals surface area (Å²) in [5.41, 5.74) is 2.33. The molecule has 0 radical (unpaired) electrons. The van der Waals surface area contributed by atoms with Gasteiger partial charge in [-0.05, 0) is 36.4 Å². The second-order valence-corrected chi connectivity index (χ2v) is 8.10. The minimum absolute atomic E-state index is 0.0952. The Bertz CT molecular complexity index is 1410. The van der Waals surface area contributed by atoms with Crippen molar-refractivity contribution in [2.24, 2.45) is 0 Å². The van der Waals surface area contributed by atoms with Gasteiger partial charge in [0, 0.05) is 16.7 Å². The average Bonchev–Trinajstić information content (AvgIpc) is 3.28. The van der Waals surface area contributed by atoms with Crippen LogP contribution in [0.5, 0.6) is 0 Å². The molecule has 3 heterocycles. The van der Waals surface area contributed by atoms with Crippen LogP contribution >= 0.6 is 23.4 Å². The van der Waals surface area contributed by atoms with E-state index in [-0.39, 0.29) is 5.56 Å². The maximum Gasteiger partial charge on any atom is 0.262 e. The number of rotatable bonds is 5. The Morgan fingerprint density at radius 2 is 1.77 bits per heavy atom. The molecule has 0 saturated heterocycles. The molecule has 0 aliphatic rings. The predicted octanol–water partition coefficient (Wildman–Crippen LogP) is 5.53. The minimum Gasteiger partial charge on any atom is -0.467 e. The van der Waals surface area contributed by atoms with Gasteiger partial charge in [0.05, 0.1) is 29.2 Å². The lowest BCUT2D eigenvalue weighted by atomic mass is 10.2. The molecule has 7 heteroatoms. The number of pyridine rings is 1. The Labute approximate surface area is 181 Å². The van der Waals surface area contributed by atoms with E-state index in [1.807, 2.05) is 60.7 Å². The molecule has 148 valence electrons. The lowest BCUT2D eigenvalue weighted by Gasteiger charge is -2.12. The third-order valence-corrected chi connectivity index (χ3v) is 6.18. The Balaban J connectivity index is 1.55. The summed E-state index contributed by atoms with van der Waals surface area (Å²) in [4.78, 5) is 22.4. The molecule has 2 aromatic carbocycles. The van der Waals surface area contributed by atoms with E-state index in [1.165, 1.54) is 11.8 Å². The molecule has 5 rings (SSSR count). The fourth-order valence-corrected chi connectivity index (χ4v) is 4.60. The Hall–Kier alpha value is -3.09. The van der Waals surface area contributed by atoms with Crippen LogP contribution in [0.15, 0.2) is 87.4 Å². The maximum absolute atomic E-state index is 13.2. The quantitative estimate of drug-likeness (QED) is 0.207. The summed E-state index contributed by atoms with van der Waals surface area (Å²) in [5, 5.41) is 2.68. The van der Waals surface area contributed by atoms with Gasteiger partial charge in [0.2, 0.25) is 0 Å². The molecule has 0 fully saturated rings. The number of furan rings is 1. The molecule has 5 aromatic rings. The second kappa shape index (κ2) is 7.97. The highest BCUT2D eigenvalue weighted by Gasteiger charge is 2.14. The smallest absolute Gasteiger partial charge is 0.262 e. The molecule has 5 nitrogen and oxygen atoms in total. The summed E-state index contributed by atoms with van der Waals surface area (Å²) in [7, 11) is 0. The summed E-state index contributed by atoms with van der Waals surface area (Å²) in [6.45, 7) is 0.315. The van der Waals surface area contributed by atoms with Crippen molar-refractivity contribution in [3.8, 4) is 0 Å². The van der Waals surface area contributed by atoms with E-state index >= 15 is 0 Å². The standard InChI is InChI=1S/C23H16ClN3O2S/c24-21-16(12-15-6-1-3-9-19(15)25-21)14-30-23-26-20-10-4-2-8-18(20)22(28)27(23)13-17-7-5-11-29-17/h1-12H,13-14H2. The van der Waals surface area contributed by atoms with Crippen molar-refractivity contribution < 1.29 is 4.42 Å². The van der Waals surface area contributed by atoms with Gasteiger partial charge in [0.25, 0.3) is 5.56 Å². The second-order valence-electron chi connectivity index (χ2n) is 6.80. The highest BCUT2D eigenvalue weighted by Crippen LogP contribution is 2.28. The van der Waals surface area contributed by atoms with E-state index in [0.717, 1.165) is 16.5 Å². The van der Waals surface area contributed by atoms with Crippen LogP contribution in [0.4, 0.5) is 0 Å². The number of aromatic nitrogens is 3. The molecule has 0 bridgehead atoms. The number of hydrogen-bond donors (Lipinski definition) is 0. The van der Waals surface area contributed by atoms with E-state index in [1.54, 1.807) is 16.9 Å². The molecule has 0 spiro atoms. The van der Waals surface area contributed by atoms with Gasteiger partial charge in [-0.2, -0.15) is 0 Å². The van der Waals surface area contributed by atoms with Crippen LogP contribution < -0.4 is 5.56 Å². The lowest BCUT2D eigenvalue weighted by Crippen LogP contribution is -2.23. The number of halogens is 1. The largest absolute Gasteiger partial charge is 0.467 e. The number of thioether (sulfide) groups is 1. The van der Waals surface area contributed by atoms with E-state index in [9.17, 15) is 4.79 Å². The topological polar surface area (TPSA) is 60.9 Å². The number of benzene rings is 2. The van der Waals surface area contributed by atoms with Crippen molar-refractivity contribution in [2.75, 3.05) is 0 Å². The van der Waals surface area contributed by atoms with Crippen LogP contribution in [0.2, 0.25) is 5.15 Å². The monoisotopic (exact) mass is 433 g/mol. The van der Waals surface area contributed by atoms with Gasteiger partial charge in [-0.1, -0.05) is 53.7 Å². The van der Waals surface area contributed by atoms with E-state index in [2.05, 4.69) is 4.98 Å². The van der Waals surface area contributed by atoms with Crippen molar-refractivity contribution in [3.05, 3.63) is 99.8 Å². The van der Waals surface area contributed by atoms with Gasteiger partial charge in [-0.25, -0.2) is 9.97 Å². The molecule has 30 heavy (non-hydrogen) atoms. The number of fused-ring (bicyclic) bond motifs is 2. The molecular formula is C23H16ClN3O2S. The third-order valence-electron chi connectivity index (χ3n) is 4.83. The summed E-state index contributed by atoms with van der Waals surface area (Å²) in [6.07, 6.45) is 1.60. The first-order valence-corrected chi connectivity index (χ1v) is 10.7. The van der Waals surface area contributed by atoms with Gasteiger partial charge in [-0.15, -0.1) is 0 Å². The molecule has 0 aliphatic heterocycles. The highest BCUT2D eigenvalue weighted by molar-refractivity contribution is 7.98. The van der Waals surface area contributed by atoms with Crippen LogP contribution in [0, 0.1) is 0 Å². The minimum atomic E-state index is -0.0952. The fourth-order valence-electron chi connectivity index (χ4n) is 3.34. The summed E-state index contributed by atoms with van der Waals surface area (Å²) < 4.78 is 7.11. The van der Waals surface area contributed by atoms with Crippen LogP contribution in [-0.2, 0) is 12.3 Å². The molecule has 0 N–H and O–H groups in total.